The molecular formula is C36H59NO. The molecular weight excluding hydrogens is 462 g/mol. The molecule has 0 amide bonds. The summed E-state index contributed by atoms with van der Waals surface area (Å²) < 4.78 is 6.63. The molecule has 0 saturated heterocycles. The molecule has 0 radical (unpaired) electrons. The van der Waals surface area contributed by atoms with E-state index in [1.54, 1.807) is 22.3 Å². The van der Waals surface area contributed by atoms with E-state index in [4.69, 9.17) is 4.74 Å². The molecule has 2 fully saturated rings. The van der Waals surface area contributed by atoms with Gasteiger partial charge in [-0.05, 0) is 120 Å². The zero-order valence-corrected chi connectivity index (χ0v) is 25.1. The number of hydrogen-bond acceptors (Lipinski definition) is 2. The average molecular weight is 522 g/mol. The first-order valence-electron chi connectivity index (χ1n) is 17.0. The van der Waals surface area contributed by atoms with Crippen LogP contribution in [-0.4, -0.2) is 25.8 Å². The number of hydrogen-bond donors (Lipinski definition) is 1. The van der Waals surface area contributed by atoms with Gasteiger partial charge in [0.1, 0.15) is 0 Å². The van der Waals surface area contributed by atoms with Crippen LogP contribution in [0.1, 0.15) is 136 Å². The van der Waals surface area contributed by atoms with Gasteiger partial charge in [0.15, 0.2) is 0 Å². The van der Waals surface area contributed by atoms with Gasteiger partial charge in [0.05, 0.1) is 12.7 Å². The molecule has 1 N–H and O–H groups in total. The fraction of sp³-hybridized carbons (Fsp3) is 0.833. The molecule has 2 saturated carbocycles. The molecule has 0 aromatic heterocycles. The lowest BCUT2D eigenvalue weighted by Gasteiger charge is -2.33. The molecule has 5 aliphatic rings. The molecule has 38 heavy (non-hydrogen) atoms. The quantitative estimate of drug-likeness (QED) is 0.166. The molecule has 3 unspecified atom stereocenters. The van der Waals surface area contributed by atoms with Gasteiger partial charge in [-0.15, -0.1) is 0 Å². The van der Waals surface area contributed by atoms with Crippen LogP contribution < -0.4 is 5.32 Å². The Hall–Kier alpha value is -0.860. The van der Waals surface area contributed by atoms with E-state index in [0.717, 1.165) is 37.5 Å². The van der Waals surface area contributed by atoms with Gasteiger partial charge in [0.25, 0.3) is 0 Å². The number of allylic oxidation sites excluding steroid dienone is 3. The van der Waals surface area contributed by atoms with Crippen molar-refractivity contribution < 1.29 is 4.74 Å². The van der Waals surface area contributed by atoms with Crippen molar-refractivity contribution in [3.8, 4) is 0 Å². The number of ether oxygens (including phenoxy) is 1. The molecule has 4 atom stereocenters. The van der Waals surface area contributed by atoms with Crippen molar-refractivity contribution in [2.75, 3.05) is 19.7 Å². The van der Waals surface area contributed by atoms with Crippen LogP contribution in [-0.2, 0) is 4.74 Å². The SMILES string of the molecule is CC1CCC(OC[C@H]2CC=C(CNCC/C(=C\C3CC3)CC3CCCCCC3)C(C)CC2)CC2=C(CC2)C1. The Morgan fingerprint density at radius 1 is 0.868 bits per heavy atom. The summed E-state index contributed by atoms with van der Waals surface area (Å²) in [5.74, 6) is 4.15. The van der Waals surface area contributed by atoms with Gasteiger partial charge in [-0.2, -0.15) is 0 Å². The third-order valence-corrected chi connectivity index (χ3v) is 10.8. The third-order valence-electron chi connectivity index (χ3n) is 10.8. The Labute approximate surface area is 235 Å². The predicted molar refractivity (Wildman–Crippen MR) is 162 cm³/mol. The minimum atomic E-state index is 0.477. The highest BCUT2D eigenvalue weighted by atomic mass is 16.5. The summed E-state index contributed by atoms with van der Waals surface area (Å²) >= 11 is 0. The number of rotatable bonds is 11. The summed E-state index contributed by atoms with van der Waals surface area (Å²) in [4.78, 5) is 0. The van der Waals surface area contributed by atoms with Crippen LogP contribution in [0.3, 0.4) is 0 Å². The maximum atomic E-state index is 6.63. The molecule has 5 aliphatic carbocycles. The predicted octanol–water partition coefficient (Wildman–Crippen LogP) is 9.71. The molecule has 0 aromatic rings. The highest BCUT2D eigenvalue weighted by Crippen LogP contribution is 2.40. The van der Waals surface area contributed by atoms with Crippen LogP contribution in [0.2, 0.25) is 0 Å². The van der Waals surface area contributed by atoms with Crippen LogP contribution in [0, 0.1) is 29.6 Å². The Kier molecular flexibility index (Phi) is 11.1. The van der Waals surface area contributed by atoms with Crippen LogP contribution in [0.25, 0.3) is 0 Å². The minimum Gasteiger partial charge on any atom is -0.378 e. The normalized spacial score (nSPS) is 31.9. The van der Waals surface area contributed by atoms with Crippen LogP contribution in [0.5, 0.6) is 0 Å². The lowest BCUT2D eigenvalue weighted by Crippen LogP contribution is -2.24. The van der Waals surface area contributed by atoms with Crippen LogP contribution in [0.15, 0.2) is 34.4 Å². The second kappa shape index (κ2) is 14.7. The minimum absolute atomic E-state index is 0.477. The van der Waals surface area contributed by atoms with Gasteiger partial charge in [-0.3, -0.25) is 0 Å². The average Bonchev–Trinajstić information content (AvgIpc) is 3.75. The van der Waals surface area contributed by atoms with E-state index < -0.39 is 0 Å². The topological polar surface area (TPSA) is 21.3 Å². The van der Waals surface area contributed by atoms with E-state index >= 15 is 0 Å². The standard InChI is InChI=1S/C36H59NO/c1-27-9-18-36(24-34-17-16-33(34)21-27)38-26-31-11-10-28(2)35(15-14-31)25-37-20-19-32(23-30-12-13-30)22-29-7-5-3-4-6-8-29/h15,23,27-31,36-37H,3-14,16-22,24-26H2,1-2H3/b32-23+/t27?,28?,31-,36?/m1/s1. The molecule has 0 heterocycles. The van der Waals surface area contributed by atoms with Crippen LogP contribution in [0.4, 0.5) is 0 Å². The highest BCUT2D eigenvalue weighted by molar-refractivity contribution is 5.26. The van der Waals surface area contributed by atoms with Crippen molar-refractivity contribution in [1.29, 1.82) is 0 Å². The third kappa shape index (κ3) is 9.09. The maximum Gasteiger partial charge on any atom is 0.0612 e. The Balaban J connectivity index is 1.04. The van der Waals surface area contributed by atoms with Crippen molar-refractivity contribution in [3.05, 3.63) is 34.4 Å². The summed E-state index contributed by atoms with van der Waals surface area (Å²) in [7, 11) is 0. The zero-order valence-electron chi connectivity index (χ0n) is 25.1. The fourth-order valence-corrected chi connectivity index (χ4v) is 7.73. The van der Waals surface area contributed by atoms with E-state index in [1.165, 1.54) is 122 Å². The number of nitrogens with one attached hydrogen (secondary N) is 1. The first kappa shape index (κ1) is 28.7. The van der Waals surface area contributed by atoms with Crippen molar-refractivity contribution >= 4 is 0 Å². The summed E-state index contributed by atoms with van der Waals surface area (Å²) in [6.07, 6.45) is 31.9. The van der Waals surface area contributed by atoms with E-state index in [2.05, 4.69) is 31.3 Å². The molecule has 5 rings (SSSR count). The molecule has 0 bridgehead atoms. The van der Waals surface area contributed by atoms with Gasteiger partial charge >= 0.3 is 0 Å². The Bertz CT molecular complexity index is 824. The monoisotopic (exact) mass is 521 g/mol. The second-order valence-electron chi connectivity index (χ2n) is 14.3. The maximum absolute atomic E-state index is 6.63. The van der Waals surface area contributed by atoms with Gasteiger partial charge in [-0.25, -0.2) is 0 Å². The van der Waals surface area contributed by atoms with Crippen molar-refractivity contribution in [2.24, 2.45) is 29.6 Å². The van der Waals surface area contributed by atoms with Crippen LogP contribution >= 0.6 is 0 Å². The lowest BCUT2D eigenvalue weighted by atomic mass is 9.76. The van der Waals surface area contributed by atoms with Gasteiger partial charge in [-0.1, -0.05) is 86.8 Å². The van der Waals surface area contributed by atoms with Crippen molar-refractivity contribution in [1.82, 2.24) is 5.32 Å². The van der Waals surface area contributed by atoms with Crippen molar-refractivity contribution in [2.45, 2.75) is 142 Å². The summed E-state index contributed by atoms with van der Waals surface area (Å²) in [5.41, 5.74) is 6.98. The Morgan fingerprint density at radius 3 is 2.42 bits per heavy atom. The molecule has 0 aliphatic heterocycles. The highest BCUT2D eigenvalue weighted by Gasteiger charge is 2.27. The van der Waals surface area contributed by atoms with E-state index in [9.17, 15) is 0 Å². The lowest BCUT2D eigenvalue weighted by molar-refractivity contribution is 0.0168. The van der Waals surface area contributed by atoms with Gasteiger partial charge in [0, 0.05) is 6.54 Å². The molecule has 2 nitrogen and oxygen atoms in total. The second-order valence-corrected chi connectivity index (χ2v) is 14.3. The van der Waals surface area contributed by atoms with E-state index in [1.807, 2.05) is 0 Å². The Morgan fingerprint density at radius 2 is 1.66 bits per heavy atom. The first-order chi connectivity index (χ1) is 18.6. The smallest absolute Gasteiger partial charge is 0.0612 e. The zero-order chi connectivity index (χ0) is 26.2. The molecule has 2 heteroatoms. The summed E-state index contributed by atoms with van der Waals surface area (Å²) in [5, 5.41) is 3.87. The summed E-state index contributed by atoms with van der Waals surface area (Å²) in [6.45, 7) is 8.12. The first-order valence-corrected chi connectivity index (χ1v) is 17.0. The molecule has 214 valence electrons. The van der Waals surface area contributed by atoms with E-state index in [-0.39, 0.29) is 0 Å². The molecule has 0 aromatic carbocycles. The van der Waals surface area contributed by atoms with Crippen molar-refractivity contribution in [3.63, 3.8) is 0 Å². The van der Waals surface area contributed by atoms with Gasteiger partial charge < -0.3 is 10.1 Å². The van der Waals surface area contributed by atoms with E-state index in [0.29, 0.717) is 17.9 Å². The van der Waals surface area contributed by atoms with Gasteiger partial charge in [0.2, 0.25) is 0 Å². The summed E-state index contributed by atoms with van der Waals surface area (Å²) in [6, 6.07) is 0. The largest absolute Gasteiger partial charge is 0.378 e. The molecule has 0 spiro atoms. The fourth-order valence-electron chi connectivity index (χ4n) is 7.73.